The molecule has 162 valence electrons. The second-order valence-electron chi connectivity index (χ2n) is 7.06. The number of pyridine rings is 1. The summed E-state index contributed by atoms with van der Waals surface area (Å²) >= 11 is 12.4. The van der Waals surface area contributed by atoms with Gasteiger partial charge in [-0.15, -0.1) is 0 Å². The maximum absolute atomic E-state index is 11.2. The molecule has 12 heteroatoms. The molecule has 0 radical (unpaired) electrons. The lowest BCUT2D eigenvalue weighted by atomic mass is 10.2. The summed E-state index contributed by atoms with van der Waals surface area (Å²) < 4.78 is 1.51. The van der Waals surface area contributed by atoms with Crippen molar-refractivity contribution >= 4 is 40.9 Å². The maximum atomic E-state index is 11.2. The lowest BCUT2D eigenvalue weighted by Crippen LogP contribution is -2.49. The zero-order valence-corrected chi connectivity index (χ0v) is 18.1. The van der Waals surface area contributed by atoms with Crippen LogP contribution in [0.4, 0.5) is 11.8 Å². The third-order valence-corrected chi connectivity index (χ3v) is 5.79. The molecule has 0 aliphatic carbocycles. The van der Waals surface area contributed by atoms with E-state index in [1.54, 1.807) is 24.4 Å². The Morgan fingerprint density at radius 2 is 1.94 bits per heavy atom. The molecular weight excluding hydrogens is 441 g/mol. The second-order valence-corrected chi connectivity index (χ2v) is 7.84. The van der Waals surface area contributed by atoms with Gasteiger partial charge in [-0.2, -0.15) is 4.68 Å². The van der Waals surface area contributed by atoms with Gasteiger partial charge in [-0.1, -0.05) is 40.4 Å². The number of rotatable bonds is 7. The summed E-state index contributed by atoms with van der Waals surface area (Å²) in [5.74, 6) is 1.01. The highest BCUT2D eigenvalue weighted by Gasteiger charge is 2.21. The first-order valence-corrected chi connectivity index (χ1v) is 10.4. The fraction of sp³-hybridized carbons (Fsp3) is 0.316. The number of nitrogens with zero attached hydrogens (tertiary/aromatic N) is 7. The summed E-state index contributed by atoms with van der Waals surface area (Å²) in [6.07, 6.45) is 1.77. The molecule has 0 bridgehead atoms. The van der Waals surface area contributed by atoms with Crippen LogP contribution in [0.15, 0.2) is 36.5 Å². The van der Waals surface area contributed by atoms with E-state index < -0.39 is 0 Å². The summed E-state index contributed by atoms with van der Waals surface area (Å²) in [5.41, 5.74) is 6.88. The number of anilines is 2. The Hall–Kier alpha value is -2.95. The van der Waals surface area contributed by atoms with E-state index in [-0.39, 0.29) is 12.5 Å². The molecule has 1 aliphatic rings. The third kappa shape index (κ3) is 4.87. The normalized spacial score (nSPS) is 14.6. The fourth-order valence-electron chi connectivity index (χ4n) is 3.48. The minimum Gasteiger partial charge on any atom is -0.369 e. The molecule has 1 fully saturated rings. The highest BCUT2D eigenvalue weighted by molar-refractivity contribution is 6.43. The van der Waals surface area contributed by atoms with Gasteiger partial charge in [0.1, 0.15) is 5.82 Å². The van der Waals surface area contributed by atoms with Gasteiger partial charge in [0.05, 0.1) is 22.3 Å². The maximum Gasteiger partial charge on any atom is 0.248 e. The van der Waals surface area contributed by atoms with Crippen molar-refractivity contribution in [1.29, 1.82) is 0 Å². The van der Waals surface area contributed by atoms with E-state index in [4.69, 9.17) is 28.9 Å². The number of nitrogens with two attached hydrogens (primary N) is 1. The van der Waals surface area contributed by atoms with Crippen molar-refractivity contribution in [1.82, 2.24) is 30.1 Å². The molecule has 0 spiro atoms. The molecule has 4 rings (SSSR count). The van der Waals surface area contributed by atoms with Gasteiger partial charge in [-0.25, -0.2) is 4.98 Å². The lowest BCUT2D eigenvalue weighted by Gasteiger charge is -2.35. The zero-order valence-electron chi connectivity index (χ0n) is 16.6. The lowest BCUT2D eigenvalue weighted by molar-refractivity contribution is -0.119. The Morgan fingerprint density at radius 1 is 1.13 bits per heavy atom. The van der Waals surface area contributed by atoms with Crippen molar-refractivity contribution in [3.8, 4) is 5.69 Å². The number of hydrogen-bond donors (Lipinski definition) is 2. The van der Waals surface area contributed by atoms with Crippen LogP contribution in [0.2, 0.25) is 10.0 Å². The van der Waals surface area contributed by atoms with E-state index >= 15 is 0 Å². The van der Waals surface area contributed by atoms with Gasteiger partial charge in [0.15, 0.2) is 0 Å². The van der Waals surface area contributed by atoms with Crippen LogP contribution in [0.5, 0.6) is 0 Å². The molecule has 2 aromatic heterocycles. The standard InChI is InChI=1S/C19H21Cl2N9O/c20-14-4-1-5-15(17(14)21)30-19(25-26-27-30)24-11-13-3-2-6-23-18(13)29-9-7-28(8-10-29)12-16(22)31/h1-6H,7-12H2,(H2,22,31)(H,24,25,27). The predicted molar refractivity (Wildman–Crippen MR) is 119 cm³/mol. The first-order valence-electron chi connectivity index (χ1n) is 9.69. The van der Waals surface area contributed by atoms with Crippen molar-refractivity contribution in [2.24, 2.45) is 5.73 Å². The van der Waals surface area contributed by atoms with Gasteiger partial charge in [-0.3, -0.25) is 9.69 Å². The number of benzene rings is 1. The quantitative estimate of drug-likeness (QED) is 0.544. The van der Waals surface area contributed by atoms with E-state index in [1.165, 1.54) is 4.68 Å². The number of hydrogen-bond acceptors (Lipinski definition) is 8. The van der Waals surface area contributed by atoms with Crippen LogP contribution in [0.1, 0.15) is 5.56 Å². The average molecular weight is 462 g/mol. The van der Waals surface area contributed by atoms with Gasteiger partial charge < -0.3 is 16.0 Å². The minimum atomic E-state index is -0.311. The van der Waals surface area contributed by atoms with E-state index in [0.717, 1.165) is 37.6 Å². The number of primary amides is 1. The number of piperazine rings is 1. The average Bonchev–Trinajstić information content (AvgIpc) is 3.23. The van der Waals surface area contributed by atoms with E-state index in [0.29, 0.717) is 28.2 Å². The number of nitrogens with one attached hydrogen (secondary N) is 1. The topological polar surface area (TPSA) is 118 Å². The number of aromatic nitrogens is 5. The molecule has 1 saturated heterocycles. The van der Waals surface area contributed by atoms with Crippen LogP contribution >= 0.6 is 23.2 Å². The molecule has 3 heterocycles. The van der Waals surface area contributed by atoms with Crippen molar-refractivity contribution in [3.05, 3.63) is 52.1 Å². The third-order valence-electron chi connectivity index (χ3n) is 4.98. The second kappa shape index (κ2) is 9.46. The number of halogens is 2. The summed E-state index contributed by atoms with van der Waals surface area (Å²) in [4.78, 5) is 20.0. The minimum absolute atomic E-state index is 0.277. The number of carbonyl (C=O) groups excluding carboxylic acids is 1. The monoisotopic (exact) mass is 461 g/mol. The van der Waals surface area contributed by atoms with Crippen LogP contribution in [0.3, 0.4) is 0 Å². The first kappa shape index (κ1) is 21.3. The molecule has 0 saturated carbocycles. The zero-order chi connectivity index (χ0) is 21.8. The first-order chi connectivity index (χ1) is 15.0. The number of carbonyl (C=O) groups is 1. The predicted octanol–water partition coefficient (Wildman–Crippen LogP) is 1.58. The van der Waals surface area contributed by atoms with Crippen molar-refractivity contribution in [3.63, 3.8) is 0 Å². The number of amides is 1. The van der Waals surface area contributed by atoms with Crippen LogP contribution < -0.4 is 16.0 Å². The molecule has 3 aromatic rings. The number of tetrazole rings is 1. The van der Waals surface area contributed by atoms with E-state index in [9.17, 15) is 4.79 Å². The van der Waals surface area contributed by atoms with Crippen LogP contribution in [0, 0.1) is 0 Å². The van der Waals surface area contributed by atoms with Gasteiger partial charge in [0.2, 0.25) is 11.9 Å². The molecule has 3 N–H and O–H groups in total. The highest BCUT2D eigenvalue weighted by atomic mass is 35.5. The van der Waals surface area contributed by atoms with Crippen molar-refractivity contribution in [2.75, 3.05) is 42.9 Å². The van der Waals surface area contributed by atoms with Crippen LogP contribution in [-0.4, -0.2) is 68.7 Å². The summed E-state index contributed by atoms with van der Waals surface area (Å²) in [7, 11) is 0. The molecule has 1 aromatic carbocycles. The Bertz CT molecular complexity index is 1070. The Morgan fingerprint density at radius 3 is 2.71 bits per heavy atom. The SMILES string of the molecule is NC(=O)CN1CCN(c2ncccc2CNc2nnnn2-c2cccc(Cl)c2Cl)CC1. The Kier molecular flexibility index (Phi) is 6.50. The highest BCUT2D eigenvalue weighted by Crippen LogP contribution is 2.29. The molecule has 1 amide bonds. The fourth-order valence-corrected chi connectivity index (χ4v) is 3.86. The summed E-state index contributed by atoms with van der Waals surface area (Å²) in [6, 6.07) is 9.17. The van der Waals surface area contributed by atoms with Crippen LogP contribution in [0.25, 0.3) is 5.69 Å². The molecule has 10 nitrogen and oxygen atoms in total. The van der Waals surface area contributed by atoms with Crippen molar-refractivity contribution in [2.45, 2.75) is 6.54 Å². The van der Waals surface area contributed by atoms with Gasteiger partial charge in [0.25, 0.3) is 0 Å². The molecule has 0 unspecified atom stereocenters. The molecule has 1 aliphatic heterocycles. The summed E-state index contributed by atoms with van der Waals surface area (Å²) in [5, 5.41) is 15.9. The Labute approximate surface area is 188 Å². The summed E-state index contributed by atoms with van der Waals surface area (Å²) in [6.45, 7) is 3.75. The van der Waals surface area contributed by atoms with E-state index in [1.807, 2.05) is 17.0 Å². The van der Waals surface area contributed by atoms with Gasteiger partial charge >= 0.3 is 0 Å². The van der Waals surface area contributed by atoms with Gasteiger partial charge in [-0.05, 0) is 28.6 Å². The largest absolute Gasteiger partial charge is 0.369 e. The Balaban J connectivity index is 1.47. The smallest absolute Gasteiger partial charge is 0.248 e. The van der Waals surface area contributed by atoms with Crippen molar-refractivity contribution < 1.29 is 4.79 Å². The molecular formula is C19H21Cl2N9O. The molecule has 0 atom stereocenters. The molecule has 31 heavy (non-hydrogen) atoms. The van der Waals surface area contributed by atoms with Crippen LogP contribution in [-0.2, 0) is 11.3 Å². The van der Waals surface area contributed by atoms with E-state index in [2.05, 4.69) is 30.7 Å². The van der Waals surface area contributed by atoms with Gasteiger partial charge in [0, 0.05) is 44.5 Å².